The zero-order valence-corrected chi connectivity index (χ0v) is 14.3. The van der Waals surface area contributed by atoms with Crippen LogP contribution in [-0.2, 0) is 16.1 Å². The third-order valence-corrected chi connectivity index (χ3v) is 3.68. The van der Waals surface area contributed by atoms with Gasteiger partial charge in [-0.25, -0.2) is 0 Å². The molecule has 0 radical (unpaired) electrons. The smallest absolute Gasteiger partial charge is 0.313 e. The van der Waals surface area contributed by atoms with Crippen molar-refractivity contribution in [2.24, 2.45) is 0 Å². The number of furan rings is 1. The minimum absolute atomic E-state index is 0.198. The Morgan fingerprint density at radius 2 is 1.88 bits per heavy atom. The van der Waals surface area contributed by atoms with Crippen LogP contribution in [0.3, 0.4) is 0 Å². The number of benzene rings is 1. The maximum atomic E-state index is 12.3. The number of carbonyl (C=O) groups is 3. The van der Waals surface area contributed by atoms with Gasteiger partial charge >= 0.3 is 11.8 Å². The lowest BCUT2D eigenvalue weighted by Crippen LogP contribution is -2.43. The molecule has 138 valence electrons. The Bertz CT molecular complexity index is 754. The SMILES string of the molecule is CC[C@@H](CO)NC(=O)C(=O)Nc1ccccc1C(=O)NCc1ccco1. The second-order valence-electron chi connectivity index (χ2n) is 5.52. The van der Waals surface area contributed by atoms with Crippen LogP contribution < -0.4 is 16.0 Å². The Labute approximate surface area is 150 Å². The maximum Gasteiger partial charge on any atom is 0.313 e. The molecule has 0 aliphatic heterocycles. The molecule has 4 N–H and O–H groups in total. The van der Waals surface area contributed by atoms with Gasteiger partial charge in [0, 0.05) is 0 Å². The molecule has 2 rings (SSSR count). The number of nitrogens with one attached hydrogen (secondary N) is 3. The van der Waals surface area contributed by atoms with Gasteiger partial charge in [0.15, 0.2) is 0 Å². The van der Waals surface area contributed by atoms with Gasteiger partial charge in [-0.15, -0.1) is 0 Å². The van der Waals surface area contributed by atoms with Crippen LogP contribution in [0.2, 0.25) is 0 Å². The fraction of sp³-hybridized carbons (Fsp3) is 0.278. The molecule has 0 unspecified atom stereocenters. The summed E-state index contributed by atoms with van der Waals surface area (Å²) < 4.78 is 5.15. The summed E-state index contributed by atoms with van der Waals surface area (Å²) in [6.45, 7) is 1.71. The van der Waals surface area contributed by atoms with Crippen LogP contribution in [0, 0.1) is 0 Å². The zero-order chi connectivity index (χ0) is 18.9. The molecule has 1 aromatic carbocycles. The predicted octanol–water partition coefficient (Wildman–Crippen LogP) is 1.04. The number of hydrogen-bond acceptors (Lipinski definition) is 5. The molecular weight excluding hydrogens is 338 g/mol. The summed E-state index contributed by atoms with van der Waals surface area (Å²) in [5.74, 6) is -1.62. The van der Waals surface area contributed by atoms with Crippen molar-refractivity contribution in [3.05, 3.63) is 54.0 Å². The highest BCUT2D eigenvalue weighted by Crippen LogP contribution is 2.15. The Hall–Kier alpha value is -3.13. The predicted molar refractivity (Wildman–Crippen MR) is 94.3 cm³/mol. The van der Waals surface area contributed by atoms with Crippen molar-refractivity contribution in [2.75, 3.05) is 11.9 Å². The average molecular weight is 359 g/mol. The van der Waals surface area contributed by atoms with Crippen LogP contribution in [0.4, 0.5) is 5.69 Å². The number of anilines is 1. The lowest BCUT2D eigenvalue weighted by atomic mass is 10.1. The van der Waals surface area contributed by atoms with E-state index in [1.165, 1.54) is 18.4 Å². The summed E-state index contributed by atoms with van der Waals surface area (Å²) >= 11 is 0. The van der Waals surface area contributed by atoms with E-state index in [4.69, 9.17) is 9.52 Å². The molecule has 0 aliphatic carbocycles. The van der Waals surface area contributed by atoms with Crippen molar-refractivity contribution in [3.8, 4) is 0 Å². The van der Waals surface area contributed by atoms with E-state index >= 15 is 0 Å². The molecule has 0 aliphatic rings. The molecule has 1 atom stereocenters. The minimum atomic E-state index is -0.914. The Balaban J connectivity index is 2.02. The molecule has 1 aromatic heterocycles. The maximum absolute atomic E-state index is 12.3. The quantitative estimate of drug-likeness (QED) is 0.551. The Kier molecular flexibility index (Phi) is 6.92. The monoisotopic (exact) mass is 359 g/mol. The first-order valence-corrected chi connectivity index (χ1v) is 8.17. The summed E-state index contributed by atoms with van der Waals surface area (Å²) in [4.78, 5) is 36.3. The number of aliphatic hydroxyl groups excluding tert-OH is 1. The lowest BCUT2D eigenvalue weighted by Gasteiger charge is -2.14. The van der Waals surface area contributed by atoms with Crippen LogP contribution in [0.1, 0.15) is 29.5 Å². The van der Waals surface area contributed by atoms with E-state index in [2.05, 4.69) is 16.0 Å². The molecular formula is C18H21N3O5. The second kappa shape index (κ2) is 9.38. The molecule has 8 nitrogen and oxygen atoms in total. The first-order chi connectivity index (χ1) is 12.5. The molecule has 2 aromatic rings. The van der Waals surface area contributed by atoms with Gasteiger partial charge in [0.05, 0.1) is 36.7 Å². The highest BCUT2D eigenvalue weighted by molar-refractivity contribution is 6.40. The summed E-state index contributed by atoms with van der Waals surface area (Å²) in [6.07, 6.45) is 1.99. The molecule has 0 fully saturated rings. The zero-order valence-electron chi connectivity index (χ0n) is 14.3. The topological polar surface area (TPSA) is 121 Å². The van der Waals surface area contributed by atoms with Gasteiger partial charge in [-0.05, 0) is 30.7 Å². The van der Waals surface area contributed by atoms with Gasteiger partial charge in [-0.1, -0.05) is 19.1 Å². The van der Waals surface area contributed by atoms with Crippen molar-refractivity contribution < 1.29 is 23.9 Å². The molecule has 0 spiro atoms. The second-order valence-corrected chi connectivity index (χ2v) is 5.52. The number of hydrogen-bond donors (Lipinski definition) is 4. The first kappa shape index (κ1) is 19.2. The van der Waals surface area contributed by atoms with Gasteiger partial charge in [-0.3, -0.25) is 14.4 Å². The number of para-hydroxylation sites is 1. The summed E-state index contributed by atoms with van der Waals surface area (Å²) in [5.41, 5.74) is 0.427. The highest BCUT2D eigenvalue weighted by Gasteiger charge is 2.20. The van der Waals surface area contributed by atoms with Crippen molar-refractivity contribution in [1.29, 1.82) is 0 Å². The molecule has 8 heteroatoms. The summed E-state index contributed by atoms with van der Waals surface area (Å²) in [5, 5.41) is 16.6. The van der Waals surface area contributed by atoms with Gasteiger partial charge < -0.3 is 25.5 Å². The van der Waals surface area contributed by atoms with E-state index in [1.807, 2.05) is 0 Å². The van der Waals surface area contributed by atoms with Crippen molar-refractivity contribution in [2.45, 2.75) is 25.9 Å². The van der Waals surface area contributed by atoms with Crippen LogP contribution in [-0.4, -0.2) is 35.5 Å². The van der Waals surface area contributed by atoms with E-state index < -0.39 is 23.8 Å². The molecule has 1 heterocycles. The van der Waals surface area contributed by atoms with Crippen molar-refractivity contribution in [1.82, 2.24) is 10.6 Å². The van der Waals surface area contributed by atoms with E-state index in [-0.39, 0.29) is 24.4 Å². The fourth-order valence-electron chi connectivity index (χ4n) is 2.17. The van der Waals surface area contributed by atoms with Crippen LogP contribution in [0.5, 0.6) is 0 Å². The Morgan fingerprint density at radius 3 is 2.54 bits per heavy atom. The first-order valence-electron chi connectivity index (χ1n) is 8.17. The van der Waals surface area contributed by atoms with E-state index in [9.17, 15) is 14.4 Å². The standard InChI is InChI=1S/C18H21N3O5/c1-2-12(11-22)20-17(24)18(25)21-15-8-4-3-7-14(15)16(23)19-10-13-6-5-9-26-13/h3-9,12,22H,2,10-11H2,1H3,(H,19,23)(H,20,24)(H,21,25)/t12-/m0/s1. The lowest BCUT2D eigenvalue weighted by molar-refractivity contribution is -0.136. The highest BCUT2D eigenvalue weighted by atomic mass is 16.3. The van der Waals surface area contributed by atoms with Gasteiger partial charge in [0.2, 0.25) is 0 Å². The van der Waals surface area contributed by atoms with Gasteiger partial charge in [0.1, 0.15) is 5.76 Å². The average Bonchev–Trinajstić information content (AvgIpc) is 3.18. The number of aliphatic hydroxyl groups is 1. The number of amides is 3. The third kappa shape index (κ3) is 5.18. The molecule has 0 saturated carbocycles. The number of rotatable bonds is 7. The van der Waals surface area contributed by atoms with Crippen LogP contribution in [0.25, 0.3) is 0 Å². The summed E-state index contributed by atoms with van der Waals surface area (Å²) in [7, 11) is 0. The Morgan fingerprint density at radius 1 is 1.12 bits per heavy atom. The van der Waals surface area contributed by atoms with Crippen LogP contribution in [0.15, 0.2) is 47.1 Å². The molecule has 3 amide bonds. The largest absolute Gasteiger partial charge is 0.467 e. The minimum Gasteiger partial charge on any atom is -0.467 e. The number of carbonyl (C=O) groups excluding carboxylic acids is 3. The molecule has 0 bridgehead atoms. The normalized spacial score (nSPS) is 11.5. The fourth-order valence-corrected chi connectivity index (χ4v) is 2.17. The third-order valence-electron chi connectivity index (χ3n) is 3.68. The summed E-state index contributed by atoms with van der Waals surface area (Å²) in [6, 6.07) is 9.29. The van der Waals surface area contributed by atoms with E-state index in [0.717, 1.165) is 0 Å². The van der Waals surface area contributed by atoms with Crippen LogP contribution >= 0.6 is 0 Å². The van der Waals surface area contributed by atoms with Gasteiger partial charge in [0.25, 0.3) is 5.91 Å². The van der Waals surface area contributed by atoms with E-state index in [0.29, 0.717) is 12.2 Å². The van der Waals surface area contributed by atoms with Crippen molar-refractivity contribution in [3.63, 3.8) is 0 Å². The van der Waals surface area contributed by atoms with Crippen molar-refractivity contribution >= 4 is 23.4 Å². The molecule has 0 saturated heterocycles. The molecule has 26 heavy (non-hydrogen) atoms. The van der Waals surface area contributed by atoms with Gasteiger partial charge in [-0.2, -0.15) is 0 Å². The van der Waals surface area contributed by atoms with E-state index in [1.54, 1.807) is 31.2 Å².